The molecule has 33 heavy (non-hydrogen) atoms. The highest BCUT2D eigenvalue weighted by Crippen LogP contribution is 2.37. The van der Waals surface area contributed by atoms with Crippen LogP contribution in [0.2, 0.25) is 0 Å². The summed E-state index contributed by atoms with van der Waals surface area (Å²) in [6.45, 7) is 11.7. The first kappa shape index (κ1) is 26.2. The minimum Gasteiger partial charge on any atom is -0.348 e. The fraction of sp³-hybridized carbons (Fsp3) is 0.583. The minimum atomic E-state index is -0.793. The van der Waals surface area contributed by atoms with Gasteiger partial charge in [-0.2, -0.15) is 4.98 Å². The number of carbonyl (C=O) groups is 2. The van der Waals surface area contributed by atoms with Crippen LogP contribution >= 0.6 is 0 Å². The first-order valence-corrected chi connectivity index (χ1v) is 11.6. The van der Waals surface area contributed by atoms with Gasteiger partial charge in [0, 0.05) is 29.9 Å². The van der Waals surface area contributed by atoms with Gasteiger partial charge in [0.2, 0.25) is 11.9 Å². The summed E-state index contributed by atoms with van der Waals surface area (Å²) in [6.07, 6.45) is 8.63. The fourth-order valence-corrected chi connectivity index (χ4v) is 4.14. The Hall–Kier alpha value is -3.10. The first-order valence-electron chi connectivity index (χ1n) is 11.6. The number of anilines is 3. The molecular formula is C24H36N6O3. The number of aromatic nitrogens is 2. The molecular weight excluding hydrogens is 420 g/mol. The average molecular weight is 457 g/mol. The number of fused-ring (bicyclic) bond motifs is 1. The number of amides is 2. The number of carbonyl (C=O) groups excluding carboxylic acids is 2. The topological polar surface area (TPSA) is 108 Å². The van der Waals surface area contributed by atoms with Gasteiger partial charge in [0.1, 0.15) is 11.7 Å². The summed E-state index contributed by atoms with van der Waals surface area (Å²) in [5, 5.41) is 5.75. The summed E-state index contributed by atoms with van der Waals surface area (Å²) in [5.74, 6) is 0.448. The third-order valence-corrected chi connectivity index (χ3v) is 5.94. The number of hydrogen-bond donors (Lipinski definition) is 1. The maximum Gasteiger partial charge on any atom is 0.316 e. The zero-order valence-corrected chi connectivity index (χ0v) is 20.8. The van der Waals surface area contributed by atoms with Crippen molar-refractivity contribution in [3.63, 3.8) is 0 Å². The number of nitroso groups, excluding NO2 is 1. The lowest BCUT2D eigenvalue weighted by Crippen LogP contribution is -2.56. The average Bonchev–Trinajstić information content (AvgIpc) is 2.79. The number of hydrogen-bond acceptors (Lipinski definition) is 7. The van der Waals surface area contributed by atoms with Crippen LogP contribution in [0.15, 0.2) is 34.7 Å². The molecule has 2 heterocycles. The van der Waals surface area contributed by atoms with Gasteiger partial charge in [-0.15, -0.1) is 4.91 Å². The second-order valence-electron chi connectivity index (χ2n) is 8.58. The van der Waals surface area contributed by atoms with Crippen LogP contribution < -0.4 is 15.1 Å². The van der Waals surface area contributed by atoms with Gasteiger partial charge in [0.25, 0.3) is 0 Å². The summed E-state index contributed by atoms with van der Waals surface area (Å²) in [4.78, 5) is 48.4. The van der Waals surface area contributed by atoms with Gasteiger partial charge < -0.3 is 15.1 Å². The molecule has 0 aliphatic carbocycles. The lowest BCUT2D eigenvalue weighted by atomic mass is 10.00. The fourth-order valence-electron chi connectivity index (χ4n) is 4.14. The van der Waals surface area contributed by atoms with Crippen LogP contribution in [0.1, 0.15) is 67.2 Å². The van der Waals surface area contributed by atoms with Crippen molar-refractivity contribution >= 4 is 29.3 Å². The smallest absolute Gasteiger partial charge is 0.316 e. The van der Waals surface area contributed by atoms with E-state index in [1.807, 2.05) is 13.8 Å². The molecule has 2 rings (SSSR count). The third kappa shape index (κ3) is 5.83. The molecule has 0 radical (unpaired) electrons. The van der Waals surface area contributed by atoms with E-state index in [1.165, 1.54) is 0 Å². The summed E-state index contributed by atoms with van der Waals surface area (Å²) in [6, 6.07) is -0.271. The molecule has 0 saturated carbocycles. The van der Waals surface area contributed by atoms with E-state index >= 15 is 0 Å². The van der Waals surface area contributed by atoms with E-state index in [9.17, 15) is 14.5 Å². The second kappa shape index (κ2) is 11.7. The van der Waals surface area contributed by atoms with Crippen molar-refractivity contribution in [2.45, 2.75) is 85.4 Å². The lowest BCUT2D eigenvalue weighted by Gasteiger charge is -2.44. The molecule has 1 N–H and O–H groups in total. The van der Waals surface area contributed by atoms with E-state index in [4.69, 9.17) is 4.98 Å². The number of allylic oxidation sites excluding steroid dienone is 1. The van der Waals surface area contributed by atoms with Gasteiger partial charge in [0.05, 0.1) is 6.20 Å². The molecule has 1 aromatic heterocycles. The molecule has 0 bridgehead atoms. The van der Waals surface area contributed by atoms with Crippen molar-refractivity contribution in [2.75, 3.05) is 22.2 Å². The summed E-state index contributed by atoms with van der Waals surface area (Å²) >= 11 is 0. The Bertz CT molecular complexity index is 938. The standard InChI is InChI=1S/C24H36N6O3/c1-8-11-17(9-2)30-19(10-3)23(32)29(7)20-14-25-24(27-21(20)30)26-16(6)12-13-18(15(4)5)22(31)28-33/h12-14,16-17,19H,8-11H2,1-7H3,(H,25,26,27)/b13-12-. The Labute approximate surface area is 196 Å². The van der Waals surface area contributed by atoms with E-state index in [0.717, 1.165) is 25.1 Å². The molecule has 180 valence electrons. The monoisotopic (exact) mass is 456 g/mol. The van der Waals surface area contributed by atoms with E-state index in [-0.39, 0.29) is 29.6 Å². The van der Waals surface area contributed by atoms with Crippen LogP contribution in [0.5, 0.6) is 0 Å². The Morgan fingerprint density at radius 2 is 2.00 bits per heavy atom. The van der Waals surface area contributed by atoms with Gasteiger partial charge in [-0.1, -0.05) is 44.9 Å². The third-order valence-electron chi connectivity index (χ3n) is 5.94. The van der Waals surface area contributed by atoms with Crippen LogP contribution in [0.4, 0.5) is 17.5 Å². The molecule has 0 saturated heterocycles. The molecule has 1 aromatic rings. The van der Waals surface area contributed by atoms with E-state index in [0.29, 0.717) is 23.6 Å². The highest BCUT2D eigenvalue weighted by Gasteiger charge is 2.39. The van der Waals surface area contributed by atoms with Crippen molar-refractivity contribution < 1.29 is 9.59 Å². The highest BCUT2D eigenvalue weighted by atomic mass is 16.3. The number of rotatable bonds is 10. The van der Waals surface area contributed by atoms with Crippen LogP contribution in [0.25, 0.3) is 0 Å². The Kier molecular flexibility index (Phi) is 9.25. The number of nitrogens with one attached hydrogen (secondary N) is 1. The molecule has 1 aliphatic heterocycles. The SMILES string of the molecule is CCCC(CC)N1c2nc(NC(C)/C=C\C(C(=O)N=O)=C(C)C)ncc2N(C)C(=O)C1CC. The molecule has 9 nitrogen and oxygen atoms in total. The van der Waals surface area contributed by atoms with E-state index in [1.54, 1.807) is 44.1 Å². The minimum absolute atomic E-state index is 0.0582. The van der Waals surface area contributed by atoms with Crippen LogP contribution in [-0.2, 0) is 9.59 Å². The number of likely N-dealkylation sites (N-methyl/N-ethyl adjacent to an activating group) is 1. The lowest BCUT2D eigenvalue weighted by molar-refractivity contribution is -0.120. The van der Waals surface area contributed by atoms with E-state index < -0.39 is 5.91 Å². The molecule has 0 aromatic carbocycles. The Morgan fingerprint density at radius 1 is 1.30 bits per heavy atom. The van der Waals surface area contributed by atoms with Crippen LogP contribution in [0, 0.1) is 4.91 Å². The molecule has 0 fully saturated rings. The normalized spacial score (nSPS) is 17.5. The van der Waals surface area contributed by atoms with Gasteiger partial charge >= 0.3 is 5.91 Å². The Balaban J connectivity index is 2.39. The quantitative estimate of drug-likeness (QED) is 0.311. The predicted molar refractivity (Wildman–Crippen MR) is 132 cm³/mol. The molecule has 3 atom stereocenters. The summed E-state index contributed by atoms with van der Waals surface area (Å²) < 4.78 is 0. The largest absolute Gasteiger partial charge is 0.348 e. The van der Waals surface area contributed by atoms with Crippen molar-refractivity contribution in [3.8, 4) is 0 Å². The molecule has 1 aliphatic rings. The van der Waals surface area contributed by atoms with Gasteiger partial charge in [-0.3, -0.25) is 9.59 Å². The maximum absolute atomic E-state index is 13.0. The van der Waals surface area contributed by atoms with Crippen molar-refractivity contribution in [3.05, 3.63) is 34.4 Å². The molecule has 2 amide bonds. The van der Waals surface area contributed by atoms with Crippen LogP contribution in [-0.4, -0.2) is 47.0 Å². The number of nitrogens with zero attached hydrogens (tertiary/aromatic N) is 5. The van der Waals surface area contributed by atoms with Crippen molar-refractivity contribution in [1.29, 1.82) is 0 Å². The van der Waals surface area contributed by atoms with Crippen molar-refractivity contribution in [1.82, 2.24) is 9.97 Å². The molecule has 3 unspecified atom stereocenters. The van der Waals surface area contributed by atoms with Gasteiger partial charge in [-0.25, -0.2) is 4.98 Å². The van der Waals surface area contributed by atoms with Gasteiger partial charge in [0.15, 0.2) is 5.82 Å². The first-order chi connectivity index (χ1) is 15.7. The summed E-state index contributed by atoms with van der Waals surface area (Å²) in [5.41, 5.74) is 1.68. The van der Waals surface area contributed by atoms with E-state index in [2.05, 4.69) is 34.2 Å². The Morgan fingerprint density at radius 3 is 2.55 bits per heavy atom. The zero-order chi connectivity index (χ0) is 24.7. The maximum atomic E-state index is 13.0. The molecule has 0 spiro atoms. The second-order valence-corrected chi connectivity index (χ2v) is 8.58. The zero-order valence-electron chi connectivity index (χ0n) is 20.8. The van der Waals surface area contributed by atoms with Crippen molar-refractivity contribution in [2.24, 2.45) is 5.18 Å². The summed E-state index contributed by atoms with van der Waals surface area (Å²) in [7, 11) is 1.77. The van der Waals surface area contributed by atoms with Crippen LogP contribution in [0.3, 0.4) is 0 Å². The predicted octanol–water partition coefficient (Wildman–Crippen LogP) is 4.60. The van der Waals surface area contributed by atoms with Gasteiger partial charge in [-0.05, 0) is 40.0 Å². The highest BCUT2D eigenvalue weighted by molar-refractivity contribution is 6.04. The molecule has 9 heteroatoms.